The van der Waals surface area contributed by atoms with Gasteiger partial charge < -0.3 is 20.5 Å². The molecule has 3 N–H and O–H groups in total. The van der Waals surface area contributed by atoms with Crippen LogP contribution in [0, 0.1) is 12.8 Å². The molecule has 1 saturated heterocycles. The maximum atomic E-state index is 12.3. The highest BCUT2D eigenvalue weighted by Gasteiger charge is 2.26. The Labute approximate surface area is 142 Å². The SMILES string of the molecule is Cc1cc(NC(=O)CN2CCN(C(=O)[C@@H](N)CC(C)C)CC2)no1. The number of nitrogens with one attached hydrogen (secondary N) is 1. The van der Waals surface area contributed by atoms with Crippen molar-refractivity contribution in [2.45, 2.75) is 33.2 Å². The summed E-state index contributed by atoms with van der Waals surface area (Å²) in [6.07, 6.45) is 0.693. The van der Waals surface area contributed by atoms with Gasteiger partial charge in [0.2, 0.25) is 11.8 Å². The van der Waals surface area contributed by atoms with Crippen LogP contribution in [0.3, 0.4) is 0 Å². The third-order valence-electron chi connectivity index (χ3n) is 3.99. The van der Waals surface area contributed by atoms with Crippen LogP contribution in [-0.2, 0) is 9.59 Å². The minimum Gasteiger partial charge on any atom is -0.360 e. The largest absolute Gasteiger partial charge is 0.360 e. The lowest BCUT2D eigenvalue weighted by Crippen LogP contribution is -2.54. The fraction of sp³-hybridized carbons (Fsp3) is 0.688. The predicted molar refractivity (Wildman–Crippen MR) is 90.3 cm³/mol. The summed E-state index contributed by atoms with van der Waals surface area (Å²) in [5.41, 5.74) is 5.97. The molecule has 24 heavy (non-hydrogen) atoms. The topological polar surface area (TPSA) is 105 Å². The Morgan fingerprint density at radius 3 is 2.54 bits per heavy atom. The first-order chi connectivity index (χ1) is 11.3. The molecule has 8 heteroatoms. The number of aromatic nitrogens is 1. The Bertz CT molecular complexity index is 564. The van der Waals surface area contributed by atoms with Gasteiger partial charge in [0.1, 0.15) is 5.76 Å². The van der Waals surface area contributed by atoms with Crippen molar-refractivity contribution in [1.29, 1.82) is 0 Å². The van der Waals surface area contributed by atoms with Gasteiger partial charge in [0, 0.05) is 32.2 Å². The van der Waals surface area contributed by atoms with E-state index in [2.05, 4.69) is 24.3 Å². The van der Waals surface area contributed by atoms with Crippen molar-refractivity contribution in [1.82, 2.24) is 15.0 Å². The maximum absolute atomic E-state index is 12.3. The van der Waals surface area contributed by atoms with Crippen molar-refractivity contribution in [3.8, 4) is 0 Å². The first-order valence-electron chi connectivity index (χ1n) is 8.35. The molecule has 2 rings (SSSR count). The van der Waals surface area contributed by atoms with Crippen molar-refractivity contribution in [2.75, 3.05) is 38.0 Å². The monoisotopic (exact) mass is 337 g/mol. The van der Waals surface area contributed by atoms with Crippen LogP contribution in [0.15, 0.2) is 10.6 Å². The molecule has 0 unspecified atom stereocenters. The Morgan fingerprint density at radius 2 is 2.00 bits per heavy atom. The van der Waals surface area contributed by atoms with E-state index in [1.54, 1.807) is 17.9 Å². The minimum absolute atomic E-state index is 0.00544. The van der Waals surface area contributed by atoms with Crippen molar-refractivity contribution < 1.29 is 14.1 Å². The van der Waals surface area contributed by atoms with E-state index in [4.69, 9.17) is 10.3 Å². The fourth-order valence-corrected chi connectivity index (χ4v) is 2.78. The van der Waals surface area contributed by atoms with Gasteiger partial charge in [-0.25, -0.2) is 0 Å². The molecular formula is C16H27N5O3. The summed E-state index contributed by atoms with van der Waals surface area (Å²) >= 11 is 0. The van der Waals surface area contributed by atoms with Gasteiger partial charge in [-0.1, -0.05) is 19.0 Å². The molecule has 2 amide bonds. The zero-order valence-electron chi connectivity index (χ0n) is 14.6. The number of carbonyl (C=O) groups excluding carboxylic acids is 2. The van der Waals surface area contributed by atoms with E-state index in [0.717, 1.165) is 0 Å². The van der Waals surface area contributed by atoms with Crippen molar-refractivity contribution in [2.24, 2.45) is 11.7 Å². The highest BCUT2D eigenvalue weighted by molar-refractivity contribution is 5.91. The molecule has 1 fully saturated rings. The van der Waals surface area contributed by atoms with Gasteiger partial charge in [-0.3, -0.25) is 14.5 Å². The summed E-state index contributed by atoms with van der Waals surface area (Å²) in [5, 5.41) is 6.43. The average Bonchev–Trinajstić information content (AvgIpc) is 2.91. The number of piperazine rings is 1. The molecule has 0 saturated carbocycles. The molecule has 0 aliphatic carbocycles. The van der Waals surface area contributed by atoms with E-state index in [9.17, 15) is 9.59 Å². The number of amides is 2. The average molecular weight is 337 g/mol. The van der Waals surface area contributed by atoms with Crippen molar-refractivity contribution >= 4 is 17.6 Å². The highest BCUT2D eigenvalue weighted by Crippen LogP contribution is 2.10. The molecule has 0 radical (unpaired) electrons. The van der Waals surface area contributed by atoms with Gasteiger partial charge in [0.25, 0.3) is 0 Å². The van der Waals surface area contributed by atoms with E-state index in [1.165, 1.54) is 0 Å². The van der Waals surface area contributed by atoms with Crippen LogP contribution in [0.5, 0.6) is 0 Å². The second-order valence-electron chi connectivity index (χ2n) is 6.71. The second-order valence-corrected chi connectivity index (χ2v) is 6.71. The number of rotatable bonds is 6. The van der Waals surface area contributed by atoms with E-state index >= 15 is 0 Å². The van der Waals surface area contributed by atoms with Gasteiger partial charge in [-0.2, -0.15) is 0 Å². The zero-order chi connectivity index (χ0) is 17.7. The van der Waals surface area contributed by atoms with Crippen LogP contribution in [-0.4, -0.2) is 65.5 Å². The third kappa shape index (κ3) is 5.31. The number of nitrogens with two attached hydrogens (primary N) is 1. The van der Waals surface area contributed by atoms with Crippen LogP contribution < -0.4 is 11.1 Å². The predicted octanol–water partition coefficient (Wildman–Crippen LogP) is 0.439. The molecule has 134 valence electrons. The first kappa shape index (κ1) is 18.4. The molecule has 1 aliphatic rings. The van der Waals surface area contributed by atoms with Crippen LogP contribution in [0.1, 0.15) is 26.0 Å². The highest BCUT2D eigenvalue weighted by atomic mass is 16.5. The van der Waals surface area contributed by atoms with Crippen molar-refractivity contribution in [3.63, 3.8) is 0 Å². The molecule has 0 spiro atoms. The summed E-state index contributed by atoms with van der Waals surface area (Å²) in [6, 6.07) is 1.24. The number of aryl methyl sites for hydroxylation is 1. The van der Waals surface area contributed by atoms with E-state index in [1.807, 2.05) is 4.90 Å². The van der Waals surface area contributed by atoms with Gasteiger partial charge in [0.15, 0.2) is 5.82 Å². The molecule has 1 aliphatic heterocycles. The Kier molecular flexibility index (Phi) is 6.33. The second kappa shape index (κ2) is 8.25. The molecule has 0 aromatic carbocycles. The van der Waals surface area contributed by atoms with Crippen LogP contribution in [0.2, 0.25) is 0 Å². The quantitative estimate of drug-likeness (QED) is 0.780. The van der Waals surface area contributed by atoms with Gasteiger partial charge in [0.05, 0.1) is 12.6 Å². The summed E-state index contributed by atoms with van der Waals surface area (Å²) in [4.78, 5) is 28.1. The van der Waals surface area contributed by atoms with Crippen molar-refractivity contribution in [3.05, 3.63) is 11.8 Å². The first-order valence-corrected chi connectivity index (χ1v) is 8.35. The van der Waals surface area contributed by atoms with Gasteiger partial charge >= 0.3 is 0 Å². The summed E-state index contributed by atoms with van der Waals surface area (Å²) < 4.78 is 4.91. The van der Waals surface area contributed by atoms with Crippen LogP contribution in [0.25, 0.3) is 0 Å². The molecule has 0 bridgehead atoms. The number of nitrogens with zero attached hydrogens (tertiary/aromatic N) is 3. The van der Waals surface area contributed by atoms with E-state index in [0.29, 0.717) is 50.1 Å². The Balaban J connectivity index is 1.74. The maximum Gasteiger partial charge on any atom is 0.239 e. The Hall–Kier alpha value is -1.93. The zero-order valence-corrected chi connectivity index (χ0v) is 14.6. The van der Waals surface area contributed by atoms with Gasteiger partial charge in [-0.15, -0.1) is 0 Å². The smallest absolute Gasteiger partial charge is 0.239 e. The van der Waals surface area contributed by atoms with Crippen LogP contribution in [0.4, 0.5) is 5.82 Å². The summed E-state index contributed by atoms with van der Waals surface area (Å²) in [7, 11) is 0. The molecular weight excluding hydrogens is 310 g/mol. The lowest BCUT2D eigenvalue weighted by molar-refractivity contribution is -0.134. The van der Waals surface area contributed by atoms with E-state index in [-0.39, 0.29) is 18.4 Å². The standard InChI is InChI=1S/C16H27N5O3/c1-11(2)8-13(17)16(23)21-6-4-20(5-7-21)10-15(22)18-14-9-12(3)24-19-14/h9,11,13H,4-8,10,17H2,1-3H3,(H,18,19,22)/t13-/m0/s1. The third-order valence-corrected chi connectivity index (χ3v) is 3.99. The Morgan fingerprint density at radius 1 is 1.33 bits per heavy atom. The molecule has 1 aromatic rings. The summed E-state index contributed by atoms with van der Waals surface area (Å²) in [6.45, 7) is 8.66. The summed E-state index contributed by atoms with van der Waals surface area (Å²) in [5.74, 6) is 1.33. The van der Waals surface area contributed by atoms with Crippen LogP contribution >= 0.6 is 0 Å². The molecule has 2 heterocycles. The molecule has 1 atom stereocenters. The van der Waals surface area contributed by atoms with Gasteiger partial charge in [-0.05, 0) is 19.3 Å². The van der Waals surface area contributed by atoms with E-state index < -0.39 is 6.04 Å². The lowest BCUT2D eigenvalue weighted by atomic mass is 10.0. The minimum atomic E-state index is -0.435. The number of hydrogen-bond acceptors (Lipinski definition) is 6. The number of carbonyl (C=O) groups is 2. The number of anilines is 1. The molecule has 8 nitrogen and oxygen atoms in total. The number of hydrogen-bond donors (Lipinski definition) is 2. The normalized spacial score (nSPS) is 17.1. The molecule has 1 aromatic heterocycles. The fourth-order valence-electron chi connectivity index (χ4n) is 2.78. The lowest BCUT2D eigenvalue weighted by Gasteiger charge is -2.35.